The van der Waals surface area contributed by atoms with E-state index in [1.807, 2.05) is 0 Å². The quantitative estimate of drug-likeness (QED) is 0.635. The Labute approximate surface area is 135 Å². The fourth-order valence-electron chi connectivity index (χ4n) is 2.13. The predicted octanol–water partition coefficient (Wildman–Crippen LogP) is 5.45. The van der Waals surface area contributed by atoms with Crippen molar-refractivity contribution in [3.63, 3.8) is 0 Å². The highest BCUT2D eigenvalue weighted by atomic mass is 79.9. The monoisotopic (exact) mass is 363 g/mol. The Morgan fingerprint density at radius 3 is 2.50 bits per heavy atom. The second-order valence-electron chi connectivity index (χ2n) is 4.45. The molecule has 3 rings (SSSR count). The minimum Gasteiger partial charge on any atom is -0.301 e. The van der Waals surface area contributed by atoms with E-state index in [0.717, 1.165) is 6.54 Å². The van der Waals surface area contributed by atoms with Crippen LogP contribution in [0.1, 0.15) is 21.4 Å². The Morgan fingerprint density at radius 1 is 1.00 bits per heavy atom. The first kappa shape index (κ1) is 14.0. The van der Waals surface area contributed by atoms with Crippen LogP contribution in [0.4, 0.5) is 0 Å². The summed E-state index contributed by atoms with van der Waals surface area (Å²) in [5, 5.41) is 5.80. The molecule has 0 amide bonds. The smallest absolute Gasteiger partial charge is 0.0701 e. The van der Waals surface area contributed by atoms with Crippen molar-refractivity contribution in [2.24, 2.45) is 0 Å². The van der Waals surface area contributed by atoms with Gasteiger partial charge in [-0.1, -0.05) is 36.4 Å². The van der Waals surface area contributed by atoms with E-state index in [2.05, 4.69) is 81.2 Å². The molecule has 2 aromatic heterocycles. The summed E-state index contributed by atoms with van der Waals surface area (Å²) < 4.78 is 1.18. The molecule has 0 aliphatic carbocycles. The van der Waals surface area contributed by atoms with Crippen LogP contribution in [0.3, 0.4) is 0 Å². The molecule has 1 nitrogen and oxygen atoms in total. The molecule has 4 heteroatoms. The van der Waals surface area contributed by atoms with Gasteiger partial charge in [0, 0.05) is 16.3 Å². The van der Waals surface area contributed by atoms with E-state index in [1.54, 1.807) is 22.7 Å². The minimum absolute atomic E-state index is 0.261. The standard InChI is InChI=1S/C16H14BrNS2/c17-15-9-8-13(20-15)11-18-16(14-7-4-10-19-14)12-5-2-1-3-6-12/h1-10,16,18H,11H2. The molecule has 20 heavy (non-hydrogen) atoms. The van der Waals surface area contributed by atoms with E-state index < -0.39 is 0 Å². The van der Waals surface area contributed by atoms with Gasteiger partial charge in [0.15, 0.2) is 0 Å². The zero-order valence-corrected chi connectivity index (χ0v) is 14.0. The van der Waals surface area contributed by atoms with Crippen LogP contribution < -0.4 is 5.32 Å². The van der Waals surface area contributed by atoms with Gasteiger partial charge in [0.05, 0.1) is 9.83 Å². The summed E-state index contributed by atoms with van der Waals surface area (Å²) in [4.78, 5) is 2.70. The lowest BCUT2D eigenvalue weighted by molar-refractivity contribution is 0.618. The molecule has 1 unspecified atom stereocenters. The van der Waals surface area contributed by atoms with Gasteiger partial charge in [0.2, 0.25) is 0 Å². The summed E-state index contributed by atoms with van der Waals surface area (Å²) >= 11 is 7.09. The molecule has 1 N–H and O–H groups in total. The Hall–Kier alpha value is -0.940. The van der Waals surface area contributed by atoms with Gasteiger partial charge in [-0.25, -0.2) is 0 Å². The molecule has 1 aromatic carbocycles. The first-order valence-electron chi connectivity index (χ1n) is 6.39. The van der Waals surface area contributed by atoms with Crippen LogP contribution in [0, 0.1) is 0 Å². The zero-order valence-electron chi connectivity index (χ0n) is 10.8. The SMILES string of the molecule is Brc1ccc(CNC(c2ccccc2)c2cccs2)s1. The summed E-state index contributed by atoms with van der Waals surface area (Å²) in [6, 6.07) is 19.5. The summed E-state index contributed by atoms with van der Waals surface area (Å²) in [5.74, 6) is 0. The summed E-state index contributed by atoms with van der Waals surface area (Å²) in [6.45, 7) is 0.883. The fourth-order valence-corrected chi connectivity index (χ4v) is 4.39. The first-order valence-corrected chi connectivity index (χ1v) is 8.88. The molecule has 2 heterocycles. The molecule has 0 aliphatic heterocycles. The number of benzene rings is 1. The van der Waals surface area contributed by atoms with Crippen LogP contribution in [0.15, 0.2) is 63.8 Å². The van der Waals surface area contributed by atoms with Gasteiger partial charge >= 0.3 is 0 Å². The summed E-state index contributed by atoms with van der Waals surface area (Å²) in [7, 11) is 0. The van der Waals surface area contributed by atoms with E-state index in [0.29, 0.717) is 0 Å². The van der Waals surface area contributed by atoms with Crippen molar-refractivity contribution in [3.8, 4) is 0 Å². The Morgan fingerprint density at radius 2 is 1.85 bits per heavy atom. The van der Waals surface area contributed by atoms with Crippen molar-refractivity contribution < 1.29 is 0 Å². The lowest BCUT2D eigenvalue weighted by Crippen LogP contribution is -2.20. The molecule has 3 aromatic rings. The number of hydrogen-bond donors (Lipinski definition) is 1. The highest BCUT2D eigenvalue weighted by molar-refractivity contribution is 9.11. The number of hydrogen-bond acceptors (Lipinski definition) is 3. The third-order valence-electron chi connectivity index (χ3n) is 3.07. The van der Waals surface area contributed by atoms with E-state index in [4.69, 9.17) is 0 Å². The fraction of sp³-hybridized carbons (Fsp3) is 0.125. The number of nitrogens with one attached hydrogen (secondary N) is 1. The highest BCUT2D eigenvalue weighted by Crippen LogP contribution is 2.28. The Balaban J connectivity index is 1.80. The third kappa shape index (κ3) is 3.38. The molecule has 0 aliphatic rings. The minimum atomic E-state index is 0.261. The van der Waals surface area contributed by atoms with Gasteiger partial charge in [-0.2, -0.15) is 0 Å². The van der Waals surface area contributed by atoms with Crippen LogP contribution >= 0.6 is 38.6 Å². The van der Waals surface area contributed by atoms with Gasteiger partial charge in [0.25, 0.3) is 0 Å². The Bertz CT molecular complexity index is 646. The highest BCUT2D eigenvalue weighted by Gasteiger charge is 2.14. The number of thiophene rings is 2. The molecular weight excluding hydrogens is 350 g/mol. The molecule has 0 bridgehead atoms. The molecule has 102 valence electrons. The zero-order chi connectivity index (χ0) is 13.8. The predicted molar refractivity (Wildman–Crippen MR) is 91.5 cm³/mol. The molecular formula is C16H14BrNS2. The maximum absolute atomic E-state index is 3.67. The average molecular weight is 364 g/mol. The molecule has 0 saturated carbocycles. The van der Waals surface area contributed by atoms with Crippen LogP contribution in [0.2, 0.25) is 0 Å². The van der Waals surface area contributed by atoms with E-state index in [1.165, 1.54) is 19.1 Å². The van der Waals surface area contributed by atoms with Crippen molar-refractivity contribution in [2.75, 3.05) is 0 Å². The second kappa shape index (κ2) is 6.68. The third-order valence-corrected chi connectivity index (χ3v) is 5.63. The van der Waals surface area contributed by atoms with Crippen LogP contribution in [0.25, 0.3) is 0 Å². The number of rotatable bonds is 5. The topological polar surface area (TPSA) is 12.0 Å². The van der Waals surface area contributed by atoms with Crippen molar-refractivity contribution >= 4 is 38.6 Å². The van der Waals surface area contributed by atoms with Crippen molar-refractivity contribution in [3.05, 3.63) is 79.1 Å². The van der Waals surface area contributed by atoms with Gasteiger partial charge in [-0.3, -0.25) is 0 Å². The van der Waals surface area contributed by atoms with Gasteiger partial charge < -0.3 is 5.32 Å². The molecule has 0 spiro atoms. The van der Waals surface area contributed by atoms with E-state index in [9.17, 15) is 0 Å². The van der Waals surface area contributed by atoms with Crippen LogP contribution in [-0.2, 0) is 6.54 Å². The lowest BCUT2D eigenvalue weighted by Gasteiger charge is -2.17. The van der Waals surface area contributed by atoms with Crippen molar-refractivity contribution in [2.45, 2.75) is 12.6 Å². The van der Waals surface area contributed by atoms with Gasteiger partial charge in [0.1, 0.15) is 0 Å². The van der Waals surface area contributed by atoms with E-state index >= 15 is 0 Å². The van der Waals surface area contributed by atoms with Crippen LogP contribution in [-0.4, -0.2) is 0 Å². The van der Waals surface area contributed by atoms with Crippen LogP contribution in [0.5, 0.6) is 0 Å². The maximum atomic E-state index is 3.67. The van der Waals surface area contributed by atoms with Gasteiger partial charge in [-0.15, -0.1) is 22.7 Å². The first-order chi connectivity index (χ1) is 9.83. The molecule has 0 saturated heterocycles. The molecule has 1 atom stereocenters. The second-order valence-corrected chi connectivity index (χ2v) is 7.97. The summed E-state index contributed by atoms with van der Waals surface area (Å²) in [5.41, 5.74) is 1.31. The normalized spacial score (nSPS) is 12.4. The molecule has 0 fully saturated rings. The number of halogens is 1. The summed E-state index contributed by atoms with van der Waals surface area (Å²) in [6.07, 6.45) is 0. The van der Waals surface area contributed by atoms with E-state index in [-0.39, 0.29) is 6.04 Å². The maximum Gasteiger partial charge on any atom is 0.0701 e. The van der Waals surface area contributed by atoms with Gasteiger partial charge in [-0.05, 0) is 45.1 Å². The lowest BCUT2D eigenvalue weighted by atomic mass is 10.1. The largest absolute Gasteiger partial charge is 0.301 e. The van der Waals surface area contributed by atoms with Crippen molar-refractivity contribution in [1.29, 1.82) is 0 Å². The van der Waals surface area contributed by atoms with Crippen molar-refractivity contribution in [1.82, 2.24) is 5.32 Å². The Kier molecular flexibility index (Phi) is 4.68. The molecule has 0 radical (unpaired) electrons. The average Bonchev–Trinajstić information content (AvgIpc) is 3.12.